The van der Waals surface area contributed by atoms with Crippen molar-refractivity contribution in [1.29, 1.82) is 0 Å². The van der Waals surface area contributed by atoms with E-state index >= 15 is 0 Å². The molecule has 1 aromatic carbocycles. The number of aryl methyl sites for hydroxylation is 1. The van der Waals surface area contributed by atoms with E-state index < -0.39 is 5.54 Å². The monoisotopic (exact) mass is 230 g/mol. The van der Waals surface area contributed by atoms with Crippen molar-refractivity contribution in [3.63, 3.8) is 0 Å². The lowest BCUT2D eigenvalue weighted by Crippen LogP contribution is -2.43. The van der Waals surface area contributed by atoms with Gasteiger partial charge < -0.3 is 10.6 Å². The maximum absolute atomic E-state index is 12.1. The molecule has 0 radical (unpaired) electrons. The molecule has 1 aromatic rings. The Morgan fingerprint density at radius 3 is 2.71 bits per heavy atom. The Labute approximate surface area is 99.4 Å². The zero-order valence-corrected chi connectivity index (χ0v) is 9.67. The van der Waals surface area contributed by atoms with Gasteiger partial charge in [-0.05, 0) is 37.0 Å². The predicted octanol–water partition coefficient (Wildman–Crippen LogP) is 1.46. The Balaban J connectivity index is 2.06. The van der Waals surface area contributed by atoms with Crippen molar-refractivity contribution in [2.24, 2.45) is 0 Å². The molecule has 0 bridgehead atoms. The minimum absolute atomic E-state index is 0.0890. The molecule has 3 rings (SSSR count). The van der Waals surface area contributed by atoms with Gasteiger partial charge in [-0.25, -0.2) is 0 Å². The van der Waals surface area contributed by atoms with Gasteiger partial charge in [-0.3, -0.25) is 9.59 Å². The average molecular weight is 230 g/mol. The third-order valence-electron chi connectivity index (χ3n) is 3.52. The molecule has 2 aliphatic rings. The maximum Gasteiger partial charge on any atom is 0.254 e. The van der Waals surface area contributed by atoms with E-state index in [1.54, 1.807) is 0 Å². The first-order valence-electron chi connectivity index (χ1n) is 5.91. The number of rotatable bonds is 1. The lowest BCUT2D eigenvalue weighted by atomic mass is 10.1. The van der Waals surface area contributed by atoms with Crippen molar-refractivity contribution >= 4 is 17.5 Å². The fraction of sp³-hybridized carbons (Fsp3) is 0.385. The molecule has 1 fully saturated rings. The molecule has 88 valence electrons. The van der Waals surface area contributed by atoms with E-state index in [9.17, 15) is 9.59 Å². The number of benzene rings is 1. The first kappa shape index (κ1) is 10.3. The average Bonchev–Trinajstić information content (AvgIpc) is 3.10. The summed E-state index contributed by atoms with van der Waals surface area (Å²) in [4.78, 5) is 24.0. The molecular weight excluding hydrogens is 216 g/mol. The third-order valence-corrected chi connectivity index (χ3v) is 3.52. The van der Waals surface area contributed by atoms with E-state index in [1.807, 2.05) is 25.1 Å². The number of carbonyl (C=O) groups is 2. The fourth-order valence-corrected chi connectivity index (χ4v) is 2.17. The summed E-state index contributed by atoms with van der Waals surface area (Å²) in [7, 11) is 0. The van der Waals surface area contributed by atoms with Gasteiger partial charge in [0.25, 0.3) is 5.91 Å². The smallest absolute Gasteiger partial charge is 0.254 e. The molecule has 1 aliphatic heterocycles. The third kappa shape index (κ3) is 1.52. The second kappa shape index (κ2) is 3.32. The maximum atomic E-state index is 12.1. The van der Waals surface area contributed by atoms with E-state index in [2.05, 4.69) is 10.6 Å². The highest BCUT2D eigenvalue weighted by Crippen LogP contribution is 2.39. The van der Waals surface area contributed by atoms with E-state index in [0.717, 1.165) is 24.8 Å². The highest BCUT2D eigenvalue weighted by Gasteiger charge is 2.52. The van der Waals surface area contributed by atoms with E-state index in [1.165, 1.54) is 0 Å². The summed E-state index contributed by atoms with van der Waals surface area (Å²) in [6.07, 6.45) is 2.35. The van der Waals surface area contributed by atoms with Crippen LogP contribution in [0.4, 0.5) is 5.69 Å². The largest absolute Gasteiger partial charge is 0.338 e. The van der Waals surface area contributed by atoms with Crippen molar-refractivity contribution in [3.8, 4) is 0 Å². The molecule has 1 saturated carbocycles. The van der Waals surface area contributed by atoms with Crippen molar-refractivity contribution in [2.75, 3.05) is 5.32 Å². The Bertz CT molecular complexity index is 518. The summed E-state index contributed by atoms with van der Waals surface area (Å²) in [6.45, 7) is 2.04. The van der Waals surface area contributed by atoms with Crippen LogP contribution < -0.4 is 10.6 Å². The highest BCUT2D eigenvalue weighted by molar-refractivity contribution is 6.12. The predicted molar refractivity (Wildman–Crippen MR) is 63.9 cm³/mol. The summed E-state index contributed by atoms with van der Waals surface area (Å²) < 4.78 is 0. The number of nitrogens with one attached hydrogen (secondary N) is 2. The molecule has 0 saturated heterocycles. The van der Waals surface area contributed by atoms with Crippen molar-refractivity contribution in [3.05, 3.63) is 29.3 Å². The summed E-state index contributed by atoms with van der Waals surface area (Å²) in [6, 6.07) is 5.61. The minimum Gasteiger partial charge on any atom is -0.338 e. The van der Waals surface area contributed by atoms with Gasteiger partial charge in [0.15, 0.2) is 0 Å². The first-order chi connectivity index (χ1) is 8.14. The molecule has 1 spiro atoms. The van der Waals surface area contributed by atoms with Crippen LogP contribution in [-0.4, -0.2) is 17.4 Å². The summed E-state index contributed by atoms with van der Waals surface area (Å²) >= 11 is 0. The van der Waals surface area contributed by atoms with Gasteiger partial charge in [0.2, 0.25) is 5.91 Å². The SMILES string of the molecule is CCc1ccc2c(c1)C(=O)NC1(CC1)C(=O)N2. The molecule has 1 aliphatic carbocycles. The summed E-state index contributed by atoms with van der Waals surface area (Å²) in [5.41, 5.74) is 1.65. The second-order valence-electron chi connectivity index (χ2n) is 4.72. The lowest BCUT2D eigenvalue weighted by Gasteiger charge is -2.10. The molecule has 2 amide bonds. The molecule has 0 atom stereocenters. The van der Waals surface area contributed by atoms with Crippen LogP contribution in [0.3, 0.4) is 0 Å². The quantitative estimate of drug-likeness (QED) is 0.767. The van der Waals surface area contributed by atoms with Crippen molar-refractivity contribution in [2.45, 2.75) is 31.7 Å². The van der Waals surface area contributed by atoms with Crippen molar-refractivity contribution in [1.82, 2.24) is 5.32 Å². The number of fused-ring (bicyclic) bond motifs is 1. The number of anilines is 1. The topological polar surface area (TPSA) is 58.2 Å². The number of hydrogen-bond acceptors (Lipinski definition) is 2. The van der Waals surface area contributed by atoms with Crippen molar-refractivity contribution < 1.29 is 9.59 Å². The molecule has 0 unspecified atom stereocenters. The Hall–Kier alpha value is -1.84. The van der Waals surface area contributed by atoms with Crippen LogP contribution in [0.15, 0.2) is 18.2 Å². The molecule has 2 N–H and O–H groups in total. The van der Waals surface area contributed by atoms with Crippen LogP contribution in [-0.2, 0) is 11.2 Å². The van der Waals surface area contributed by atoms with E-state index in [4.69, 9.17) is 0 Å². The van der Waals surface area contributed by atoms with Gasteiger partial charge in [-0.1, -0.05) is 13.0 Å². The van der Waals surface area contributed by atoms with E-state index in [-0.39, 0.29) is 11.8 Å². The summed E-state index contributed by atoms with van der Waals surface area (Å²) in [5, 5.41) is 5.67. The molecule has 1 heterocycles. The highest BCUT2D eigenvalue weighted by atomic mass is 16.2. The molecule has 4 heteroatoms. The van der Waals surface area contributed by atoms with Crippen LogP contribution in [0.1, 0.15) is 35.7 Å². The number of hydrogen-bond donors (Lipinski definition) is 2. The van der Waals surface area contributed by atoms with E-state index in [0.29, 0.717) is 11.3 Å². The van der Waals surface area contributed by atoms with Crippen LogP contribution in [0.5, 0.6) is 0 Å². The van der Waals surface area contributed by atoms with Crippen LogP contribution in [0.2, 0.25) is 0 Å². The van der Waals surface area contributed by atoms with Gasteiger partial charge in [-0.15, -0.1) is 0 Å². The zero-order valence-electron chi connectivity index (χ0n) is 9.67. The van der Waals surface area contributed by atoms with Gasteiger partial charge >= 0.3 is 0 Å². The zero-order chi connectivity index (χ0) is 12.0. The van der Waals surface area contributed by atoms with Crippen LogP contribution in [0.25, 0.3) is 0 Å². The molecule has 17 heavy (non-hydrogen) atoms. The van der Waals surface area contributed by atoms with Gasteiger partial charge in [0, 0.05) is 0 Å². The molecule has 0 aromatic heterocycles. The van der Waals surface area contributed by atoms with Crippen LogP contribution >= 0.6 is 0 Å². The second-order valence-corrected chi connectivity index (χ2v) is 4.72. The number of amides is 2. The molecular formula is C13H14N2O2. The Kier molecular flexibility index (Phi) is 2.02. The number of carbonyl (C=O) groups excluding carboxylic acids is 2. The van der Waals surface area contributed by atoms with Gasteiger partial charge in [-0.2, -0.15) is 0 Å². The Morgan fingerprint density at radius 1 is 1.29 bits per heavy atom. The first-order valence-corrected chi connectivity index (χ1v) is 5.91. The summed E-state index contributed by atoms with van der Waals surface area (Å²) in [5.74, 6) is -0.236. The Morgan fingerprint density at radius 2 is 2.06 bits per heavy atom. The molecule has 4 nitrogen and oxygen atoms in total. The van der Waals surface area contributed by atoms with Gasteiger partial charge in [0.05, 0.1) is 11.3 Å². The standard InChI is InChI=1S/C13H14N2O2/c1-2-8-3-4-10-9(7-8)11(16)15-13(5-6-13)12(17)14-10/h3-4,7H,2,5-6H2,1H3,(H,14,17)(H,15,16). The fourth-order valence-electron chi connectivity index (χ4n) is 2.17. The minimum atomic E-state index is -0.636. The normalized spacial score (nSPS) is 20.3. The lowest BCUT2D eigenvalue weighted by molar-refractivity contribution is -0.118. The van der Waals surface area contributed by atoms with Crippen LogP contribution in [0, 0.1) is 0 Å². The van der Waals surface area contributed by atoms with Gasteiger partial charge in [0.1, 0.15) is 5.54 Å².